The fraction of sp³-hybridized carbons (Fsp3) is 0.0526. The summed E-state index contributed by atoms with van der Waals surface area (Å²) in [5.74, 6) is -0.305. The van der Waals surface area contributed by atoms with E-state index in [1.165, 1.54) is 0 Å². The highest BCUT2D eigenvalue weighted by Crippen LogP contribution is 2.35. The fourth-order valence-electron chi connectivity index (χ4n) is 2.59. The predicted octanol–water partition coefficient (Wildman–Crippen LogP) is 5.77. The van der Waals surface area contributed by atoms with Crippen molar-refractivity contribution in [2.45, 2.75) is 5.92 Å². The van der Waals surface area contributed by atoms with Crippen molar-refractivity contribution in [3.63, 3.8) is 0 Å². The normalized spacial score (nSPS) is 10.8. The molecular formula is C19H14BrF. The highest BCUT2D eigenvalue weighted by atomic mass is 79.9. The van der Waals surface area contributed by atoms with Crippen LogP contribution in [0.4, 0.5) is 4.39 Å². The van der Waals surface area contributed by atoms with Crippen molar-refractivity contribution in [2.75, 3.05) is 0 Å². The van der Waals surface area contributed by atoms with Gasteiger partial charge in [0, 0.05) is 11.5 Å². The van der Waals surface area contributed by atoms with Gasteiger partial charge < -0.3 is 0 Å². The zero-order chi connectivity index (χ0) is 14.7. The first-order valence-electron chi connectivity index (χ1n) is 6.81. The summed E-state index contributed by atoms with van der Waals surface area (Å²) in [6.45, 7) is 0. The van der Waals surface area contributed by atoms with Gasteiger partial charge in [0.1, 0.15) is 5.82 Å². The summed E-state index contributed by atoms with van der Waals surface area (Å²) in [6.07, 6.45) is 0. The Labute approximate surface area is 132 Å². The Morgan fingerprint density at radius 2 is 1.19 bits per heavy atom. The zero-order valence-electron chi connectivity index (χ0n) is 11.3. The van der Waals surface area contributed by atoms with Crippen LogP contribution in [0.1, 0.15) is 22.6 Å². The summed E-state index contributed by atoms with van der Waals surface area (Å²) in [6, 6.07) is 25.5. The van der Waals surface area contributed by atoms with Gasteiger partial charge in [-0.25, -0.2) is 4.39 Å². The molecular weight excluding hydrogens is 327 g/mol. The second-order valence-corrected chi connectivity index (χ2v) is 5.75. The molecule has 0 nitrogen and oxygen atoms in total. The molecule has 0 saturated carbocycles. The minimum Gasteiger partial charge on any atom is -0.205 e. The summed E-state index contributed by atoms with van der Waals surface area (Å²) in [4.78, 5) is 0. The number of halogens is 2. The SMILES string of the molecule is Fc1c(Br)cccc1C(c1ccccc1)c1ccccc1. The monoisotopic (exact) mass is 340 g/mol. The molecule has 0 aliphatic rings. The molecule has 0 amide bonds. The molecule has 0 bridgehead atoms. The number of rotatable bonds is 3. The van der Waals surface area contributed by atoms with Crippen LogP contribution in [0.15, 0.2) is 83.3 Å². The third kappa shape index (κ3) is 2.91. The van der Waals surface area contributed by atoms with E-state index in [4.69, 9.17) is 0 Å². The van der Waals surface area contributed by atoms with Crippen LogP contribution in [0.5, 0.6) is 0 Å². The van der Waals surface area contributed by atoms with Crippen molar-refractivity contribution in [3.05, 3.63) is 106 Å². The Bertz CT molecular complexity index is 684. The lowest BCUT2D eigenvalue weighted by atomic mass is 9.85. The highest BCUT2D eigenvalue weighted by Gasteiger charge is 2.20. The van der Waals surface area contributed by atoms with E-state index >= 15 is 0 Å². The number of benzene rings is 3. The smallest absolute Gasteiger partial charge is 0.141 e. The zero-order valence-corrected chi connectivity index (χ0v) is 12.9. The van der Waals surface area contributed by atoms with E-state index in [0.29, 0.717) is 10.0 Å². The van der Waals surface area contributed by atoms with Gasteiger partial charge in [0.2, 0.25) is 0 Å². The largest absolute Gasteiger partial charge is 0.205 e. The van der Waals surface area contributed by atoms with Gasteiger partial charge in [-0.3, -0.25) is 0 Å². The molecule has 0 aliphatic heterocycles. The van der Waals surface area contributed by atoms with Crippen molar-refractivity contribution >= 4 is 15.9 Å². The second-order valence-electron chi connectivity index (χ2n) is 4.90. The Morgan fingerprint density at radius 3 is 1.71 bits per heavy atom. The van der Waals surface area contributed by atoms with Crippen molar-refractivity contribution in [1.82, 2.24) is 0 Å². The van der Waals surface area contributed by atoms with Crippen LogP contribution < -0.4 is 0 Å². The Morgan fingerprint density at radius 1 is 0.667 bits per heavy atom. The van der Waals surface area contributed by atoms with Gasteiger partial charge >= 0.3 is 0 Å². The molecule has 0 aromatic heterocycles. The summed E-state index contributed by atoms with van der Waals surface area (Å²) in [5.41, 5.74) is 2.85. The molecule has 3 aromatic rings. The van der Waals surface area contributed by atoms with Crippen LogP contribution in [0.2, 0.25) is 0 Å². The van der Waals surface area contributed by atoms with E-state index in [9.17, 15) is 4.39 Å². The molecule has 0 aliphatic carbocycles. The number of hydrogen-bond donors (Lipinski definition) is 0. The van der Waals surface area contributed by atoms with Crippen molar-refractivity contribution in [3.8, 4) is 0 Å². The van der Waals surface area contributed by atoms with Gasteiger partial charge in [0.05, 0.1) is 4.47 Å². The van der Waals surface area contributed by atoms with Crippen LogP contribution in [0.3, 0.4) is 0 Å². The van der Waals surface area contributed by atoms with E-state index in [-0.39, 0.29) is 11.7 Å². The van der Waals surface area contributed by atoms with E-state index in [1.807, 2.05) is 72.8 Å². The predicted molar refractivity (Wildman–Crippen MR) is 87.9 cm³/mol. The minimum absolute atomic E-state index is 0.107. The van der Waals surface area contributed by atoms with E-state index in [1.54, 1.807) is 6.07 Å². The summed E-state index contributed by atoms with van der Waals surface area (Å²) >= 11 is 3.28. The lowest BCUT2D eigenvalue weighted by Crippen LogP contribution is -2.06. The third-order valence-corrected chi connectivity index (χ3v) is 4.17. The molecule has 21 heavy (non-hydrogen) atoms. The molecule has 0 atom stereocenters. The van der Waals surface area contributed by atoms with Gasteiger partial charge in [0.15, 0.2) is 0 Å². The average Bonchev–Trinajstić information content (AvgIpc) is 2.54. The average molecular weight is 341 g/mol. The lowest BCUT2D eigenvalue weighted by Gasteiger charge is -2.19. The van der Waals surface area contributed by atoms with E-state index in [0.717, 1.165) is 11.1 Å². The van der Waals surface area contributed by atoms with Crippen molar-refractivity contribution in [1.29, 1.82) is 0 Å². The van der Waals surface area contributed by atoms with Crippen LogP contribution in [0.25, 0.3) is 0 Å². The standard InChI is InChI=1S/C19H14BrF/c20-17-13-7-12-16(19(17)21)18(14-8-3-1-4-9-14)15-10-5-2-6-11-15/h1-13,18H. The molecule has 0 fully saturated rings. The fourth-order valence-corrected chi connectivity index (χ4v) is 2.97. The van der Waals surface area contributed by atoms with Gasteiger partial charge in [-0.05, 0) is 33.1 Å². The van der Waals surface area contributed by atoms with Gasteiger partial charge in [-0.2, -0.15) is 0 Å². The maximum absolute atomic E-state index is 14.6. The van der Waals surface area contributed by atoms with Crippen LogP contribution in [0, 0.1) is 5.82 Å². The van der Waals surface area contributed by atoms with Crippen LogP contribution >= 0.6 is 15.9 Å². The maximum Gasteiger partial charge on any atom is 0.141 e. The van der Waals surface area contributed by atoms with Crippen molar-refractivity contribution in [2.24, 2.45) is 0 Å². The molecule has 0 radical (unpaired) electrons. The maximum atomic E-state index is 14.6. The topological polar surface area (TPSA) is 0 Å². The highest BCUT2D eigenvalue weighted by molar-refractivity contribution is 9.10. The molecule has 3 aromatic carbocycles. The molecule has 0 spiro atoms. The van der Waals surface area contributed by atoms with Crippen LogP contribution in [-0.4, -0.2) is 0 Å². The summed E-state index contributed by atoms with van der Waals surface area (Å²) in [5, 5.41) is 0. The molecule has 2 heteroatoms. The molecule has 0 unspecified atom stereocenters. The molecule has 0 heterocycles. The first-order chi connectivity index (χ1) is 10.3. The lowest BCUT2D eigenvalue weighted by molar-refractivity contribution is 0.600. The Hall–Kier alpha value is -1.93. The summed E-state index contributed by atoms with van der Waals surface area (Å²) in [7, 11) is 0. The van der Waals surface area contributed by atoms with E-state index < -0.39 is 0 Å². The molecule has 3 rings (SSSR count). The first kappa shape index (κ1) is 14.0. The van der Waals surface area contributed by atoms with Gasteiger partial charge in [-0.15, -0.1) is 0 Å². The minimum atomic E-state index is -0.199. The van der Waals surface area contributed by atoms with Crippen molar-refractivity contribution < 1.29 is 4.39 Å². The molecule has 0 N–H and O–H groups in total. The van der Waals surface area contributed by atoms with E-state index in [2.05, 4.69) is 15.9 Å². The number of hydrogen-bond acceptors (Lipinski definition) is 0. The third-order valence-electron chi connectivity index (χ3n) is 3.56. The first-order valence-corrected chi connectivity index (χ1v) is 7.60. The quantitative estimate of drug-likeness (QED) is 0.531. The molecule has 0 saturated heterocycles. The van der Waals surface area contributed by atoms with Gasteiger partial charge in [0.25, 0.3) is 0 Å². The second kappa shape index (κ2) is 6.23. The summed E-state index contributed by atoms with van der Waals surface area (Å²) < 4.78 is 15.1. The Kier molecular flexibility index (Phi) is 4.16. The van der Waals surface area contributed by atoms with Crippen LogP contribution in [-0.2, 0) is 0 Å². The Balaban J connectivity index is 2.20. The molecule has 104 valence electrons. The van der Waals surface area contributed by atoms with Gasteiger partial charge in [-0.1, -0.05) is 72.8 Å².